The average Bonchev–Trinajstić information content (AvgIpc) is 2.81. The van der Waals surface area contributed by atoms with Crippen molar-refractivity contribution in [1.29, 1.82) is 0 Å². The molecular formula is C16H19N. The van der Waals surface area contributed by atoms with Crippen LogP contribution in [0.3, 0.4) is 0 Å². The summed E-state index contributed by atoms with van der Waals surface area (Å²) in [7, 11) is 0. The van der Waals surface area contributed by atoms with Crippen molar-refractivity contribution in [3.8, 4) is 0 Å². The summed E-state index contributed by atoms with van der Waals surface area (Å²) in [6.07, 6.45) is 10.2. The number of rotatable bonds is 4. The van der Waals surface area contributed by atoms with Gasteiger partial charge in [-0.3, -0.25) is 0 Å². The van der Waals surface area contributed by atoms with E-state index in [0.717, 1.165) is 19.4 Å². The Morgan fingerprint density at radius 2 is 2.35 bits per heavy atom. The zero-order chi connectivity index (χ0) is 12.1. The van der Waals surface area contributed by atoms with Gasteiger partial charge in [-0.25, -0.2) is 0 Å². The van der Waals surface area contributed by atoms with Crippen molar-refractivity contribution in [2.45, 2.75) is 19.8 Å². The molecule has 0 aliphatic carbocycles. The van der Waals surface area contributed by atoms with E-state index in [2.05, 4.69) is 49.2 Å². The van der Waals surface area contributed by atoms with Gasteiger partial charge in [0.15, 0.2) is 0 Å². The Labute approximate surface area is 104 Å². The van der Waals surface area contributed by atoms with Crippen molar-refractivity contribution >= 4 is 5.69 Å². The lowest BCUT2D eigenvalue weighted by Gasteiger charge is -2.06. The second-order valence-electron chi connectivity index (χ2n) is 4.30. The molecule has 0 amide bonds. The third kappa shape index (κ3) is 2.88. The Bertz CT molecular complexity index is 466. The molecule has 0 saturated carbocycles. The Morgan fingerprint density at radius 1 is 1.47 bits per heavy atom. The fourth-order valence-electron chi connectivity index (χ4n) is 2.13. The number of anilines is 1. The van der Waals surface area contributed by atoms with Crippen LogP contribution < -0.4 is 5.32 Å². The summed E-state index contributed by atoms with van der Waals surface area (Å²) >= 11 is 0. The topological polar surface area (TPSA) is 12.0 Å². The maximum Gasteiger partial charge on any atom is 0.0376 e. The van der Waals surface area contributed by atoms with Crippen molar-refractivity contribution in [2.75, 3.05) is 11.9 Å². The Balaban J connectivity index is 2.13. The first kappa shape index (κ1) is 11.7. The molecule has 1 heterocycles. The number of allylic oxidation sites excluding steroid dienone is 5. The smallest absolute Gasteiger partial charge is 0.0376 e. The van der Waals surface area contributed by atoms with Crippen LogP contribution in [0.25, 0.3) is 0 Å². The van der Waals surface area contributed by atoms with Gasteiger partial charge < -0.3 is 5.32 Å². The van der Waals surface area contributed by atoms with E-state index < -0.39 is 0 Å². The molecule has 1 heteroatoms. The highest BCUT2D eigenvalue weighted by atomic mass is 14.9. The first-order valence-corrected chi connectivity index (χ1v) is 6.13. The molecule has 1 N–H and O–H groups in total. The van der Waals surface area contributed by atoms with E-state index in [9.17, 15) is 0 Å². The van der Waals surface area contributed by atoms with E-state index in [4.69, 9.17) is 0 Å². The van der Waals surface area contributed by atoms with Crippen LogP contribution in [0.1, 0.15) is 18.1 Å². The SMILES string of the molecule is C=C/C=C\C(=C/C)Cc1ccc2c(c1)NCC2. The van der Waals surface area contributed by atoms with Crippen LogP contribution in [-0.2, 0) is 12.8 Å². The summed E-state index contributed by atoms with van der Waals surface area (Å²) in [5, 5.41) is 3.42. The summed E-state index contributed by atoms with van der Waals surface area (Å²) in [4.78, 5) is 0. The molecule has 1 nitrogen and oxygen atoms in total. The first-order valence-electron chi connectivity index (χ1n) is 6.13. The molecule has 88 valence electrons. The number of hydrogen-bond donors (Lipinski definition) is 1. The number of nitrogens with one attached hydrogen (secondary N) is 1. The van der Waals surface area contributed by atoms with E-state index in [1.165, 1.54) is 22.4 Å². The number of benzene rings is 1. The predicted molar refractivity (Wildman–Crippen MR) is 75.4 cm³/mol. The average molecular weight is 225 g/mol. The predicted octanol–water partition coefficient (Wildman–Crippen LogP) is 3.89. The number of hydrogen-bond acceptors (Lipinski definition) is 1. The van der Waals surface area contributed by atoms with E-state index in [-0.39, 0.29) is 0 Å². The molecule has 0 bridgehead atoms. The molecule has 0 atom stereocenters. The van der Waals surface area contributed by atoms with Crippen LogP contribution in [0.4, 0.5) is 5.69 Å². The third-order valence-corrected chi connectivity index (χ3v) is 3.11. The molecule has 0 saturated heterocycles. The normalized spacial score (nSPS) is 14.8. The molecule has 17 heavy (non-hydrogen) atoms. The highest BCUT2D eigenvalue weighted by molar-refractivity contribution is 5.57. The van der Waals surface area contributed by atoms with Gasteiger partial charge in [0, 0.05) is 12.2 Å². The van der Waals surface area contributed by atoms with Gasteiger partial charge in [0.1, 0.15) is 0 Å². The van der Waals surface area contributed by atoms with E-state index >= 15 is 0 Å². The van der Waals surface area contributed by atoms with E-state index in [1.54, 1.807) is 0 Å². The first-order chi connectivity index (χ1) is 8.33. The standard InChI is InChI=1S/C16H19N/c1-3-5-6-13(4-2)11-14-7-8-15-9-10-17-16(15)12-14/h3-8,12,17H,1,9-11H2,2H3/b6-5-,13-4+. The quantitative estimate of drug-likeness (QED) is 0.767. The van der Waals surface area contributed by atoms with Crippen molar-refractivity contribution in [3.63, 3.8) is 0 Å². The number of fused-ring (bicyclic) bond motifs is 1. The van der Waals surface area contributed by atoms with E-state index in [0.29, 0.717) is 0 Å². The Kier molecular flexibility index (Phi) is 3.81. The fraction of sp³-hybridized carbons (Fsp3) is 0.250. The van der Waals surface area contributed by atoms with Crippen molar-refractivity contribution in [3.05, 3.63) is 65.8 Å². The molecule has 1 aliphatic heterocycles. The maximum atomic E-state index is 3.70. The largest absolute Gasteiger partial charge is 0.384 e. The van der Waals surface area contributed by atoms with Crippen LogP contribution in [0.2, 0.25) is 0 Å². The minimum Gasteiger partial charge on any atom is -0.384 e. The van der Waals surface area contributed by atoms with Crippen molar-refractivity contribution < 1.29 is 0 Å². The van der Waals surface area contributed by atoms with Crippen LogP contribution in [0.5, 0.6) is 0 Å². The van der Waals surface area contributed by atoms with Crippen molar-refractivity contribution in [1.82, 2.24) is 0 Å². The summed E-state index contributed by atoms with van der Waals surface area (Å²) in [5.74, 6) is 0. The second kappa shape index (κ2) is 5.53. The van der Waals surface area contributed by atoms with Gasteiger partial charge in [-0.05, 0) is 42.5 Å². The van der Waals surface area contributed by atoms with Gasteiger partial charge in [0.05, 0.1) is 0 Å². The highest BCUT2D eigenvalue weighted by Crippen LogP contribution is 2.24. The Morgan fingerprint density at radius 3 is 3.12 bits per heavy atom. The van der Waals surface area contributed by atoms with E-state index in [1.807, 2.05) is 12.2 Å². The molecule has 0 spiro atoms. The Hall–Kier alpha value is -1.76. The minimum atomic E-state index is 0.982. The van der Waals surface area contributed by atoms with Gasteiger partial charge in [-0.2, -0.15) is 0 Å². The van der Waals surface area contributed by atoms with Crippen LogP contribution in [0, 0.1) is 0 Å². The lowest BCUT2D eigenvalue weighted by atomic mass is 10.0. The lowest BCUT2D eigenvalue weighted by Crippen LogP contribution is -1.92. The summed E-state index contributed by atoms with van der Waals surface area (Å²) in [6.45, 7) is 6.85. The van der Waals surface area contributed by atoms with Crippen molar-refractivity contribution in [2.24, 2.45) is 0 Å². The molecular weight excluding hydrogens is 206 g/mol. The van der Waals surface area contributed by atoms with Crippen LogP contribution in [0.15, 0.2) is 54.7 Å². The molecule has 2 rings (SSSR count). The van der Waals surface area contributed by atoms with Crippen LogP contribution >= 0.6 is 0 Å². The zero-order valence-electron chi connectivity index (χ0n) is 10.4. The fourth-order valence-corrected chi connectivity index (χ4v) is 2.13. The van der Waals surface area contributed by atoms with Gasteiger partial charge in [-0.1, -0.05) is 43.0 Å². The molecule has 0 aromatic heterocycles. The molecule has 0 unspecified atom stereocenters. The summed E-state index contributed by atoms with van der Waals surface area (Å²) in [5.41, 5.74) is 5.44. The zero-order valence-corrected chi connectivity index (χ0v) is 10.4. The van der Waals surface area contributed by atoms with Crippen LogP contribution in [-0.4, -0.2) is 6.54 Å². The minimum absolute atomic E-state index is 0.982. The highest BCUT2D eigenvalue weighted by Gasteiger charge is 2.09. The van der Waals surface area contributed by atoms with Gasteiger partial charge >= 0.3 is 0 Å². The maximum absolute atomic E-state index is 3.70. The van der Waals surface area contributed by atoms with Gasteiger partial charge in [0.25, 0.3) is 0 Å². The lowest BCUT2D eigenvalue weighted by molar-refractivity contribution is 1.10. The molecule has 0 fully saturated rings. The molecule has 1 aromatic rings. The monoisotopic (exact) mass is 225 g/mol. The molecule has 0 radical (unpaired) electrons. The second-order valence-corrected chi connectivity index (χ2v) is 4.30. The van der Waals surface area contributed by atoms with Gasteiger partial charge in [0.2, 0.25) is 0 Å². The molecule has 1 aliphatic rings. The molecule has 1 aromatic carbocycles. The van der Waals surface area contributed by atoms with Gasteiger partial charge in [-0.15, -0.1) is 0 Å². The summed E-state index contributed by atoms with van der Waals surface area (Å²) in [6, 6.07) is 6.75. The summed E-state index contributed by atoms with van der Waals surface area (Å²) < 4.78 is 0. The third-order valence-electron chi connectivity index (χ3n) is 3.11.